The minimum Gasteiger partial charge on any atom is -0.476 e. The maximum absolute atomic E-state index is 13.2. The standard InChI is InChI=1S/C7H6FN3O3/c1-3(12)11-6-4(8)5(7(13)14)9-2-10-6/h2H,1H3,(H,13,14)(H,9,10,11,12). The Bertz CT molecular complexity index is 394. The van der Waals surface area contributed by atoms with E-state index in [-0.39, 0.29) is 0 Å². The lowest BCUT2D eigenvalue weighted by Gasteiger charge is -2.02. The molecule has 0 unspecified atom stereocenters. The fourth-order valence-corrected chi connectivity index (χ4v) is 0.773. The summed E-state index contributed by atoms with van der Waals surface area (Å²) in [6.07, 6.45) is 0.859. The van der Waals surface area contributed by atoms with E-state index in [4.69, 9.17) is 5.11 Å². The van der Waals surface area contributed by atoms with Gasteiger partial charge in [0.15, 0.2) is 17.3 Å². The molecule has 0 bridgehead atoms. The van der Waals surface area contributed by atoms with Crippen LogP contribution >= 0.6 is 0 Å². The molecule has 0 aliphatic rings. The predicted octanol–water partition coefficient (Wildman–Crippen LogP) is 0.272. The van der Waals surface area contributed by atoms with Gasteiger partial charge in [0.1, 0.15) is 6.33 Å². The molecule has 1 aromatic rings. The van der Waals surface area contributed by atoms with E-state index >= 15 is 0 Å². The van der Waals surface area contributed by atoms with Crippen LogP contribution in [0, 0.1) is 5.82 Å². The first kappa shape index (κ1) is 10.0. The van der Waals surface area contributed by atoms with Crippen LogP contribution in [0.4, 0.5) is 10.2 Å². The van der Waals surface area contributed by atoms with E-state index in [1.54, 1.807) is 0 Å². The predicted molar refractivity (Wildman–Crippen MR) is 43.3 cm³/mol. The number of hydrogen-bond donors (Lipinski definition) is 2. The summed E-state index contributed by atoms with van der Waals surface area (Å²) >= 11 is 0. The van der Waals surface area contributed by atoms with Crippen molar-refractivity contribution < 1.29 is 19.1 Å². The Morgan fingerprint density at radius 3 is 2.64 bits per heavy atom. The van der Waals surface area contributed by atoms with Gasteiger partial charge in [0.2, 0.25) is 5.91 Å². The molecule has 1 amide bonds. The minimum atomic E-state index is -1.52. The summed E-state index contributed by atoms with van der Waals surface area (Å²) in [6, 6.07) is 0. The van der Waals surface area contributed by atoms with Gasteiger partial charge in [0.05, 0.1) is 0 Å². The van der Waals surface area contributed by atoms with E-state index < -0.39 is 29.2 Å². The lowest BCUT2D eigenvalue weighted by molar-refractivity contribution is -0.114. The van der Waals surface area contributed by atoms with E-state index in [1.165, 1.54) is 0 Å². The number of aromatic nitrogens is 2. The fourth-order valence-electron chi connectivity index (χ4n) is 0.773. The number of halogens is 1. The molecule has 0 saturated heterocycles. The maximum Gasteiger partial charge on any atom is 0.357 e. The van der Waals surface area contributed by atoms with Gasteiger partial charge < -0.3 is 10.4 Å². The van der Waals surface area contributed by atoms with E-state index in [9.17, 15) is 14.0 Å². The zero-order valence-corrected chi connectivity index (χ0v) is 7.11. The SMILES string of the molecule is CC(=O)Nc1ncnc(C(=O)O)c1F. The van der Waals surface area contributed by atoms with Gasteiger partial charge in [-0.1, -0.05) is 0 Å². The van der Waals surface area contributed by atoms with Crippen LogP contribution < -0.4 is 5.32 Å². The zero-order chi connectivity index (χ0) is 10.7. The highest BCUT2D eigenvalue weighted by molar-refractivity contribution is 5.90. The Kier molecular flexibility index (Phi) is 2.70. The highest BCUT2D eigenvalue weighted by Crippen LogP contribution is 2.12. The van der Waals surface area contributed by atoms with Crippen LogP contribution in [0.5, 0.6) is 0 Å². The fraction of sp³-hybridized carbons (Fsp3) is 0.143. The topological polar surface area (TPSA) is 92.2 Å². The average molecular weight is 199 g/mol. The van der Waals surface area contributed by atoms with Crippen molar-refractivity contribution in [2.24, 2.45) is 0 Å². The molecule has 0 spiro atoms. The van der Waals surface area contributed by atoms with Crippen molar-refractivity contribution in [1.29, 1.82) is 0 Å². The maximum atomic E-state index is 13.2. The quantitative estimate of drug-likeness (QED) is 0.713. The molecule has 1 heterocycles. The molecule has 7 heteroatoms. The van der Waals surface area contributed by atoms with Gasteiger partial charge in [0.25, 0.3) is 0 Å². The normalized spacial score (nSPS) is 9.57. The van der Waals surface area contributed by atoms with Crippen molar-refractivity contribution in [3.8, 4) is 0 Å². The molecule has 6 nitrogen and oxygen atoms in total. The number of carbonyl (C=O) groups is 2. The van der Waals surface area contributed by atoms with Gasteiger partial charge in [-0.05, 0) is 0 Å². The Balaban J connectivity index is 3.13. The van der Waals surface area contributed by atoms with E-state index in [0.717, 1.165) is 13.3 Å². The molecule has 1 aromatic heterocycles. The Morgan fingerprint density at radius 1 is 1.50 bits per heavy atom. The van der Waals surface area contributed by atoms with Crippen molar-refractivity contribution in [2.45, 2.75) is 6.92 Å². The summed E-state index contributed by atoms with van der Waals surface area (Å²) in [5, 5.41) is 10.5. The number of rotatable bonds is 2. The average Bonchev–Trinajstić information content (AvgIpc) is 2.07. The molecule has 1 rings (SSSR count). The Morgan fingerprint density at radius 2 is 2.14 bits per heavy atom. The molecule has 2 N–H and O–H groups in total. The van der Waals surface area contributed by atoms with Gasteiger partial charge in [0, 0.05) is 6.92 Å². The Hall–Kier alpha value is -2.05. The second kappa shape index (κ2) is 3.77. The van der Waals surface area contributed by atoms with Crippen LogP contribution in [0.3, 0.4) is 0 Å². The zero-order valence-electron chi connectivity index (χ0n) is 7.11. The van der Waals surface area contributed by atoms with Crippen molar-refractivity contribution in [3.63, 3.8) is 0 Å². The number of nitrogens with zero attached hydrogens (tertiary/aromatic N) is 2. The number of anilines is 1. The van der Waals surface area contributed by atoms with Gasteiger partial charge >= 0.3 is 5.97 Å². The molecule has 0 aromatic carbocycles. The number of carboxylic acid groups (broad SMARTS) is 1. The summed E-state index contributed by atoms with van der Waals surface area (Å²) in [6.45, 7) is 1.15. The van der Waals surface area contributed by atoms with Crippen LogP contribution in [-0.4, -0.2) is 27.0 Å². The molecule has 0 atom stereocenters. The van der Waals surface area contributed by atoms with E-state index in [1.807, 2.05) is 5.32 Å². The summed E-state index contributed by atoms with van der Waals surface area (Å²) in [4.78, 5) is 27.6. The molecule has 0 aliphatic carbocycles. The lowest BCUT2D eigenvalue weighted by Crippen LogP contribution is -2.13. The molecule has 14 heavy (non-hydrogen) atoms. The third-order valence-electron chi connectivity index (χ3n) is 1.29. The first-order valence-corrected chi connectivity index (χ1v) is 3.53. The second-order valence-corrected chi connectivity index (χ2v) is 2.37. The van der Waals surface area contributed by atoms with Crippen molar-refractivity contribution >= 4 is 17.7 Å². The first-order valence-electron chi connectivity index (χ1n) is 3.53. The van der Waals surface area contributed by atoms with Gasteiger partial charge in [-0.15, -0.1) is 0 Å². The summed E-state index contributed by atoms with van der Waals surface area (Å²) in [7, 11) is 0. The highest BCUT2D eigenvalue weighted by Gasteiger charge is 2.17. The number of amides is 1. The third-order valence-corrected chi connectivity index (χ3v) is 1.29. The number of hydrogen-bond acceptors (Lipinski definition) is 4. The molecule has 0 aliphatic heterocycles. The van der Waals surface area contributed by atoms with Crippen LogP contribution in [0.15, 0.2) is 6.33 Å². The van der Waals surface area contributed by atoms with E-state index in [0.29, 0.717) is 0 Å². The van der Waals surface area contributed by atoms with Crippen LogP contribution in [0.1, 0.15) is 17.4 Å². The second-order valence-electron chi connectivity index (χ2n) is 2.37. The lowest BCUT2D eigenvalue weighted by atomic mass is 10.3. The molecular formula is C7H6FN3O3. The molecule has 0 fully saturated rings. The van der Waals surface area contributed by atoms with Crippen molar-refractivity contribution in [3.05, 3.63) is 17.8 Å². The first-order chi connectivity index (χ1) is 6.52. The summed E-state index contributed by atoms with van der Waals surface area (Å²) < 4.78 is 13.2. The van der Waals surface area contributed by atoms with E-state index in [2.05, 4.69) is 9.97 Å². The number of nitrogens with one attached hydrogen (secondary N) is 1. The molecule has 0 saturated carbocycles. The number of aromatic carboxylic acids is 1. The van der Waals surface area contributed by atoms with Gasteiger partial charge in [-0.2, -0.15) is 0 Å². The van der Waals surface area contributed by atoms with Gasteiger partial charge in [-0.3, -0.25) is 4.79 Å². The van der Waals surface area contributed by atoms with Crippen LogP contribution in [-0.2, 0) is 4.79 Å². The summed E-state index contributed by atoms with van der Waals surface area (Å²) in [5.74, 6) is -3.66. The monoisotopic (exact) mass is 199 g/mol. The molecule has 0 radical (unpaired) electrons. The van der Waals surface area contributed by atoms with Crippen LogP contribution in [0.25, 0.3) is 0 Å². The van der Waals surface area contributed by atoms with Crippen molar-refractivity contribution in [1.82, 2.24) is 9.97 Å². The Labute approximate surface area is 77.8 Å². The number of carboxylic acids is 1. The largest absolute Gasteiger partial charge is 0.476 e. The molecular weight excluding hydrogens is 193 g/mol. The number of carbonyl (C=O) groups excluding carboxylic acids is 1. The highest BCUT2D eigenvalue weighted by atomic mass is 19.1. The van der Waals surface area contributed by atoms with Crippen LogP contribution in [0.2, 0.25) is 0 Å². The third kappa shape index (κ3) is 2.00. The van der Waals surface area contributed by atoms with Crippen molar-refractivity contribution in [2.75, 3.05) is 5.32 Å². The van der Waals surface area contributed by atoms with Gasteiger partial charge in [-0.25, -0.2) is 19.2 Å². The molecule has 74 valence electrons. The summed E-state index contributed by atoms with van der Waals surface area (Å²) in [5.41, 5.74) is -0.774. The minimum absolute atomic E-state index is 0.440. The smallest absolute Gasteiger partial charge is 0.357 e.